The molecule has 0 aliphatic carbocycles. The highest BCUT2D eigenvalue weighted by molar-refractivity contribution is 5.68. The SMILES string of the molecule is COC[C@]1(O)CCN(Cc2ccccc2OCC(=O)O)CC1(C)C. The largest absolute Gasteiger partial charge is 0.482 e. The minimum Gasteiger partial charge on any atom is -0.482 e. The number of carboxylic acids is 1. The van der Waals surface area contributed by atoms with Gasteiger partial charge in [0.15, 0.2) is 6.61 Å². The van der Waals surface area contributed by atoms with Crippen molar-refractivity contribution >= 4 is 5.97 Å². The van der Waals surface area contributed by atoms with Crippen molar-refractivity contribution < 1.29 is 24.5 Å². The number of ether oxygens (including phenoxy) is 2. The number of aliphatic carboxylic acids is 1. The van der Waals surface area contributed by atoms with Crippen molar-refractivity contribution in [3.05, 3.63) is 29.8 Å². The zero-order valence-electron chi connectivity index (χ0n) is 14.6. The molecule has 0 radical (unpaired) electrons. The number of hydrogen-bond acceptors (Lipinski definition) is 5. The quantitative estimate of drug-likeness (QED) is 0.789. The summed E-state index contributed by atoms with van der Waals surface area (Å²) in [6, 6.07) is 7.48. The number of para-hydroxylation sites is 1. The molecule has 134 valence electrons. The van der Waals surface area contributed by atoms with Crippen molar-refractivity contribution in [2.75, 3.05) is 33.4 Å². The fourth-order valence-corrected chi connectivity index (χ4v) is 3.26. The Bertz CT molecular complexity index is 574. The van der Waals surface area contributed by atoms with E-state index in [1.807, 2.05) is 32.0 Å². The van der Waals surface area contributed by atoms with Crippen LogP contribution in [0, 0.1) is 5.41 Å². The number of rotatable bonds is 7. The molecule has 1 atom stereocenters. The van der Waals surface area contributed by atoms with Crippen LogP contribution in [0.4, 0.5) is 0 Å². The van der Waals surface area contributed by atoms with Gasteiger partial charge >= 0.3 is 5.97 Å². The van der Waals surface area contributed by atoms with Crippen LogP contribution in [0.3, 0.4) is 0 Å². The zero-order valence-corrected chi connectivity index (χ0v) is 14.6. The molecule has 6 nitrogen and oxygen atoms in total. The highest BCUT2D eigenvalue weighted by Gasteiger charge is 2.47. The van der Waals surface area contributed by atoms with Gasteiger partial charge in [0.05, 0.1) is 12.2 Å². The molecule has 0 aromatic heterocycles. The fraction of sp³-hybridized carbons (Fsp3) is 0.611. The van der Waals surface area contributed by atoms with Crippen LogP contribution in [0.1, 0.15) is 25.8 Å². The Labute approximate surface area is 143 Å². The van der Waals surface area contributed by atoms with Gasteiger partial charge in [0, 0.05) is 37.7 Å². The number of nitrogens with zero attached hydrogens (tertiary/aromatic N) is 1. The van der Waals surface area contributed by atoms with E-state index in [4.69, 9.17) is 14.6 Å². The second kappa shape index (κ2) is 7.51. The highest BCUT2D eigenvalue weighted by Crippen LogP contribution is 2.39. The minimum absolute atomic E-state index is 0.307. The summed E-state index contributed by atoms with van der Waals surface area (Å²) in [6.45, 7) is 6.19. The predicted molar refractivity (Wildman–Crippen MR) is 90.1 cm³/mol. The highest BCUT2D eigenvalue weighted by atomic mass is 16.5. The Balaban J connectivity index is 2.06. The van der Waals surface area contributed by atoms with Gasteiger partial charge < -0.3 is 19.7 Å². The average molecular weight is 337 g/mol. The number of aliphatic hydroxyl groups is 1. The number of hydrogen-bond donors (Lipinski definition) is 2. The summed E-state index contributed by atoms with van der Waals surface area (Å²) in [5, 5.41) is 19.6. The molecule has 1 aromatic carbocycles. The molecule has 1 aliphatic heterocycles. The molecule has 0 saturated carbocycles. The van der Waals surface area contributed by atoms with Crippen molar-refractivity contribution in [3.8, 4) is 5.75 Å². The first kappa shape index (κ1) is 18.7. The van der Waals surface area contributed by atoms with Gasteiger partial charge in [0.1, 0.15) is 5.75 Å². The lowest BCUT2D eigenvalue weighted by Crippen LogP contribution is -2.59. The van der Waals surface area contributed by atoms with Crippen LogP contribution >= 0.6 is 0 Å². The van der Waals surface area contributed by atoms with Crippen molar-refractivity contribution in [3.63, 3.8) is 0 Å². The topological polar surface area (TPSA) is 79.2 Å². The summed E-state index contributed by atoms with van der Waals surface area (Å²) >= 11 is 0. The second-order valence-corrected chi connectivity index (χ2v) is 7.10. The van der Waals surface area contributed by atoms with Gasteiger partial charge in [-0.25, -0.2) is 4.79 Å². The predicted octanol–water partition coefficient (Wildman–Crippen LogP) is 1.76. The van der Waals surface area contributed by atoms with E-state index in [1.54, 1.807) is 13.2 Å². The molecular weight excluding hydrogens is 310 g/mol. The molecule has 0 unspecified atom stereocenters. The van der Waals surface area contributed by atoms with Crippen molar-refractivity contribution in [1.82, 2.24) is 4.90 Å². The number of methoxy groups -OCH3 is 1. The Morgan fingerprint density at radius 2 is 2.04 bits per heavy atom. The van der Waals surface area contributed by atoms with E-state index in [0.717, 1.165) is 18.7 Å². The molecule has 1 aromatic rings. The monoisotopic (exact) mass is 337 g/mol. The first-order chi connectivity index (χ1) is 11.3. The summed E-state index contributed by atoms with van der Waals surface area (Å²) in [5.41, 5.74) is -0.192. The third-order valence-corrected chi connectivity index (χ3v) is 4.82. The van der Waals surface area contributed by atoms with Crippen LogP contribution in [0.25, 0.3) is 0 Å². The normalized spacial score (nSPS) is 23.8. The summed E-state index contributed by atoms with van der Waals surface area (Å²) in [5.74, 6) is -0.399. The van der Waals surface area contributed by atoms with E-state index in [2.05, 4.69) is 4.90 Å². The molecule has 6 heteroatoms. The summed E-state index contributed by atoms with van der Waals surface area (Å²) in [4.78, 5) is 13.0. The van der Waals surface area contributed by atoms with E-state index in [-0.39, 0.29) is 12.0 Å². The average Bonchev–Trinajstić information content (AvgIpc) is 2.50. The van der Waals surface area contributed by atoms with Gasteiger partial charge in [-0.2, -0.15) is 0 Å². The van der Waals surface area contributed by atoms with Crippen LogP contribution in [0.5, 0.6) is 5.75 Å². The van der Waals surface area contributed by atoms with E-state index in [9.17, 15) is 9.90 Å². The lowest BCUT2D eigenvalue weighted by atomic mass is 9.70. The standard InChI is InChI=1S/C18H27NO5/c1-17(2)12-19(9-8-18(17,22)13-23-3)10-14-6-4-5-7-15(14)24-11-16(20)21/h4-7,22H,8-13H2,1-3H3,(H,20,21)/t18-/m1/s1. The third-order valence-electron chi connectivity index (χ3n) is 4.82. The summed E-state index contributed by atoms with van der Waals surface area (Å²) in [7, 11) is 1.61. The molecule has 24 heavy (non-hydrogen) atoms. The number of carboxylic acid groups (broad SMARTS) is 1. The van der Waals surface area contributed by atoms with Crippen molar-refractivity contribution in [2.24, 2.45) is 5.41 Å². The summed E-state index contributed by atoms with van der Waals surface area (Å²) < 4.78 is 10.6. The van der Waals surface area contributed by atoms with Crippen LogP contribution < -0.4 is 4.74 Å². The van der Waals surface area contributed by atoms with Crippen molar-refractivity contribution in [2.45, 2.75) is 32.4 Å². The fourth-order valence-electron chi connectivity index (χ4n) is 3.26. The molecule has 0 bridgehead atoms. The number of carbonyl (C=O) groups is 1. The maximum absolute atomic E-state index is 10.8. The van der Waals surface area contributed by atoms with E-state index in [1.165, 1.54) is 0 Å². The number of piperidine rings is 1. The van der Waals surface area contributed by atoms with Gasteiger partial charge in [-0.05, 0) is 12.5 Å². The van der Waals surface area contributed by atoms with E-state index >= 15 is 0 Å². The smallest absolute Gasteiger partial charge is 0.341 e. The van der Waals surface area contributed by atoms with Crippen molar-refractivity contribution in [1.29, 1.82) is 0 Å². The van der Waals surface area contributed by atoms with Crippen LogP contribution in [0.15, 0.2) is 24.3 Å². The third kappa shape index (κ3) is 4.26. The maximum Gasteiger partial charge on any atom is 0.341 e. The van der Waals surface area contributed by atoms with E-state index in [0.29, 0.717) is 25.3 Å². The molecule has 1 heterocycles. The Kier molecular flexibility index (Phi) is 5.85. The first-order valence-electron chi connectivity index (χ1n) is 8.13. The lowest BCUT2D eigenvalue weighted by molar-refractivity contribution is -0.151. The van der Waals surface area contributed by atoms with Gasteiger partial charge in [0.2, 0.25) is 0 Å². The van der Waals surface area contributed by atoms with Gasteiger partial charge in [0.25, 0.3) is 0 Å². The van der Waals surface area contributed by atoms with E-state index < -0.39 is 11.6 Å². The first-order valence-corrected chi connectivity index (χ1v) is 8.13. The Morgan fingerprint density at radius 3 is 2.67 bits per heavy atom. The Hall–Kier alpha value is -1.63. The van der Waals surface area contributed by atoms with Gasteiger partial charge in [-0.1, -0.05) is 32.0 Å². The second-order valence-electron chi connectivity index (χ2n) is 7.10. The number of benzene rings is 1. The summed E-state index contributed by atoms with van der Waals surface area (Å²) in [6.07, 6.45) is 0.631. The lowest BCUT2D eigenvalue weighted by Gasteiger charge is -2.50. The Morgan fingerprint density at radius 1 is 1.33 bits per heavy atom. The number of likely N-dealkylation sites (tertiary alicyclic amines) is 1. The van der Waals surface area contributed by atoms with Gasteiger partial charge in [-0.15, -0.1) is 0 Å². The molecule has 1 saturated heterocycles. The zero-order chi connectivity index (χ0) is 17.8. The van der Waals surface area contributed by atoms with Crippen LogP contribution in [0.2, 0.25) is 0 Å². The molecule has 0 spiro atoms. The van der Waals surface area contributed by atoms with Gasteiger partial charge in [-0.3, -0.25) is 4.90 Å². The molecule has 1 aliphatic rings. The molecular formula is C18H27NO5. The maximum atomic E-state index is 10.8. The molecule has 2 N–H and O–H groups in total. The minimum atomic E-state index is -0.992. The van der Waals surface area contributed by atoms with Crippen LogP contribution in [-0.2, 0) is 16.1 Å². The molecule has 1 fully saturated rings. The molecule has 0 amide bonds. The molecule has 2 rings (SSSR count). The van der Waals surface area contributed by atoms with Crippen LogP contribution in [-0.4, -0.2) is 60.1 Å².